The number of hydrogen-bond donors (Lipinski definition) is 3. The predicted molar refractivity (Wildman–Crippen MR) is 105 cm³/mol. The van der Waals surface area contributed by atoms with Gasteiger partial charge in [0.25, 0.3) is 0 Å². The standard InChI is InChI=1S/C18H34N6O3/c1-19-16(25)13-24-8-6-14(7-9-24)22-18(21-12-17(26)23(2)3)20-11-15-5-4-10-27-15/h14-15H,4-13H2,1-3H3,(H,19,25)(H2,20,21,22). The summed E-state index contributed by atoms with van der Waals surface area (Å²) in [5, 5.41) is 9.43. The minimum absolute atomic E-state index is 0.0337. The zero-order valence-electron chi connectivity index (χ0n) is 16.8. The van der Waals surface area contributed by atoms with Crippen molar-refractivity contribution < 1.29 is 14.3 Å². The maximum atomic E-state index is 11.9. The number of guanidine groups is 1. The number of nitrogens with one attached hydrogen (secondary N) is 3. The largest absolute Gasteiger partial charge is 0.376 e. The van der Waals surface area contributed by atoms with Gasteiger partial charge < -0.3 is 25.6 Å². The van der Waals surface area contributed by atoms with Crippen molar-refractivity contribution in [2.75, 3.05) is 60.5 Å². The van der Waals surface area contributed by atoms with Crippen LogP contribution >= 0.6 is 0 Å². The SMILES string of the molecule is CNC(=O)CN1CCC(NC(=NCC(=O)N(C)C)NCC2CCCO2)CC1. The molecule has 2 amide bonds. The predicted octanol–water partition coefficient (Wildman–Crippen LogP) is -1.00. The molecule has 0 aromatic rings. The number of rotatable bonds is 7. The van der Waals surface area contributed by atoms with Crippen LogP contribution in [-0.4, -0.2) is 100 Å². The highest BCUT2D eigenvalue weighted by Crippen LogP contribution is 2.11. The number of amides is 2. The maximum Gasteiger partial charge on any atom is 0.243 e. The number of carbonyl (C=O) groups excluding carboxylic acids is 2. The van der Waals surface area contributed by atoms with Crippen molar-refractivity contribution >= 4 is 17.8 Å². The summed E-state index contributed by atoms with van der Waals surface area (Å²) in [6, 6.07) is 0.274. The summed E-state index contributed by atoms with van der Waals surface area (Å²) in [6.07, 6.45) is 4.21. The van der Waals surface area contributed by atoms with Crippen LogP contribution in [0.2, 0.25) is 0 Å². The first kappa shape index (κ1) is 21.4. The van der Waals surface area contributed by atoms with Crippen LogP contribution < -0.4 is 16.0 Å². The quantitative estimate of drug-likeness (QED) is 0.386. The van der Waals surface area contributed by atoms with Crippen LogP contribution in [0.25, 0.3) is 0 Å². The monoisotopic (exact) mass is 382 g/mol. The van der Waals surface area contributed by atoms with Gasteiger partial charge in [-0.05, 0) is 25.7 Å². The minimum atomic E-state index is -0.0337. The van der Waals surface area contributed by atoms with Gasteiger partial charge in [-0.3, -0.25) is 14.5 Å². The highest BCUT2D eigenvalue weighted by Gasteiger charge is 2.22. The average molecular weight is 383 g/mol. The third-order valence-corrected chi connectivity index (χ3v) is 4.97. The lowest BCUT2D eigenvalue weighted by Gasteiger charge is -2.32. The van der Waals surface area contributed by atoms with Crippen molar-refractivity contribution in [3.8, 4) is 0 Å². The normalized spacial score (nSPS) is 21.7. The number of hydrogen-bond acceptors (Lipinski definition) is 5. The van der Waals surface area contributed by atoms with E-state index in [1.54, 1.807) is 26.0 Å². The molecule has 0 aromatic carbocycles. The molecule has 0 saturated carbocycles. The van der Waals surface area contributed by atoms with Crippen LogP contribution in [0.15, 0.2) is 4.99 Å². The molecule has 154 valence electrons. The zero-order chi connectivity index (χ0) is 19.6. The van der Waals surface area contributed by atoms with Crippen LogP contribution in [0.4, 0.5) is 0 Å². The van der Waals surface area contributed by atoms with Crippen LogP contribution in [0.5, 0.6) is 0 Å². The minimum Gasteiger partial charge on any atom is -0.376 e. The van der Waals surface area contributed by atoms with Gasteiger partial charge in [-0.15, -0.1) is 0 Å². The second-order valence-corrected chi connectivity index (χ2v) is 7.34. The van der Waals surface area contributed by atoms with Crippen LogP contribution in [0, 0.1) is 0 Å². The molecule has 0 radical (unpaired) electrons. The summed E-state index contributed by atoms with van der Waals surface area (Å²) < 4.78 is 5.65. The molecule has 1 atom stereocenters. The van der Waals surface area contributed by atoms with Crippen molar-refractivity contribution in [2.24, 2.45) is 4.99 Å². The van der Waals surface area contributed by atoms with Crippen LogP contribution in [-0.2, 0) is 14.3 Å². The number of likely N-dealkylation sites (N-methyl/N-ethyl adjacent to an activating group) is 2. The number of ether oxygens (including phenoxy) is 1. The number of likely N-dealkylation sites (tertiary alicyclic amines) is 1. The van der Waals surface area contributed by atoms with Gasteiger partial charge in [0.2, 0.25) is 11.8 Å². The van der Waals surface area contributed by atoms with Gasteiger partial charge in [-0.25, -0.2) is 4.99 Å². The van der Waals surface area contributed by atoms with Crippen LogP contribution in [0.1, 0.15) is 25.7 Å². The average Bonchev–Trinajstić information content (AvgIpc) is 3.18. The Hall–Kier alpha value is -1.87. The molecule has 0 spiro atoms. The summed E-state index contributed by atoms with van der Waals surface area (Å²) in [4.78, 5) is 31.5. The molecular weight excluding hydrogens is 348 g/mol. The topological polar surface area (TPSA) is 98.3 Å². The van der Waals surface area contributed by atoms with Gasteiger partial charge in [-0.1, -0.05) is 0 Å². The highest BCUT2D eigenvalue weighted by molar-refractivity contribution is 5.85. The van der Waals surface area contributed by atoms with E-state index in [1.807, 2.05) is 0 Å². The molecule has 0 aromatic heterocycles. The summed E-state index contributed by atoms with van der Waals surface area (Å²) in [5.74, 6) is 0.670. The van der Waals surface area contributed by atoms with E-state index in [4.69, 9.17) is 4.74 Å². The molecule has 0 aliphatic carbocycles. The summed E-state index contributed by atoms with van der Waals surface area (Å²) in [7, 11) is 5.12. The molecule has 2 rings (SSSR count). The molecule has 0 bridgehead atoms. The molecule has 2 fully saturated rings. The Morgan fingerprint density at radius 2 is 1.96 bits per heavy atom. The van der Waals surface area contributed by atoms with E-state index in [9.17, 15) is 9.59 Å². The third-order valence-electron chi connectivity index (χ3n) is 4.97. The zero-order valence-corrected chi connectivity index (χ0v) is 16.8. The Morgan fingerprint density at radius 3 is 2.56 bits per heavy atom. The van der Waals surface area contributed by atoms with E-state index in [1.165, 1.54) is 0 Å². The third kappa shape index (κ3) is 7.72. The molecule has 1 unspecified atom stereocenters. The molecule has 27 heavy (non-hydrogen) atoms. The lowest BCUT2D eigenvalue weighted by molar-refractivity contribution is -0.127. The number of nitrogens with zero attached hydrogens (tertiary/aromatic N) is 3. The fraction of sp³-hybridized carbons (Fsp3) is 0.833. The van der Waals surface area contributed by atoms with Crippen molar-refractivity contribution in [1.82, 2.24) is 25.8 Å². The van der Waals surface area contributed by atoms with Crippen LogP contribution in [0.3, 0.4) is 0 Å². The molecule has 2 saturated heterocycles. The molecule has 9 nitrogen and oxygen atoms in total. The van der Waals surface area contributed by atoms with E-state index in [0.29, 0.717) is 19.0 Å². The number of piperidine rings is 1. The molecular formula is C18H34N6O3. The number of aliphatic imine (C=N–C) groups is 1. The second kappa shape index (κ2) is 11.1. The summed E-state index contributed by atoms with van der Waals surface area (Å²) in [6.45, 7) is 3.79. The maximum absolute atomic E-state index is 11.9. The van der Waals surface area contributed by atoms with Crippen molar-refractivity contribution in [1.29, 1.82) is 0 Å². The number of carbonyl (C=O) groups is 2. The lowest BCUT2D eigenvalue weighted by Crippen LogP contribution is -2.51. The van der Waals surface area contributed by atoms with Gasteiger partial charge >= 0.3 is 0 Å². The van der Waals surface area contributed by atoms with Gasteiger partial charge in [0.15, 0.2) is 5.96 Å². The van der Waals surface area contributed by atoms with E-state index in [2.05, 4.69) is 25.8 Å². The lowest BCUT2D eigenvalue weighted by atomic mass is 10.1. The van der Waals surface area contributed by atoms with E-state index in [0.717, 1.165) is 45.4 Å². The van der Waals surface area contributed by atoms with Gasteiger partial charge in [0.05, 0.1) is 12.6 Å². The van der Waals surface area contributed by atoms with Gasteiger partial charge in [0.1, 0.15) is 6.54 Å². The van der Waals surface area contributed by atoms with Crippen molar-refractivity contribution in [3.05, 3.63) is 0 Å². The molecule has 2 heterocycles. The first-order valence-electron chi connectivity index (χ1n) is 9.77. The summed E-state index contributed by atoms with van der Waals surface area (Å²) in [5.41, 5.74) is 0. The van der Waals surface area contributed by atoms with Gasteiger partial charge in [0, 0.05) is 53.4 Å². The van der Waals surface area contributed by atoms with E-state index >= 15 is 0 Å². The fourth-order valence-electron chi connectivity index (χ4n) is 3.17. The Kier molecular flexibility index (Phi) is 8.80. The van der Waals surface area contributed by atoms with Crippen molar-refractivity contribution in [3.63, 3.8) is 0 Å². The Balaban J connectivity index is 1.84. The Bertz CT molecular complexity index is 511. The fourth-order valence-corrected chi connectivity index (χ4v) is 3.17. The first-order chi connectivity index (χ1) is 13.0. The highest BCUT2D eigenvalue weighted by atomic mass is 16.5. The van der Waals surface area contributed by atoms with Crippen molar-refractivity contribution in [2.45, 2.75) is 37.8 Å². The molecule has 2 aliphatic heterocycles. The molecule has 9 heteroatoms. The molecule has 3 N–H and O–H groups in total. The van der Waals surface area contributed by atoms with E-state index < -0.39 is 0 Å². The Labute approximate surface area is 161 Å². The second-order valence-electron chi connectivity index (χ2n) is 7.34. The molecule has 2 aliphatic rings. The van der Waals surface area contributed by atoms with Gasteiger partial charge in [-0.2, -0.15) is 0 Å². The Morgan fingerprint density at radius 1 is 1.22 bits per heavy atom. The smallest absolute Gasteiger partial charge is 0.243 e. The van der Waals surface area contributed by atoms with E-state index in [-0.39, 0.29) is 30.5 Å². The summed E-state index contributed by atoms with van der Waals surface area (Å²) >= 11 is 0. The first-order valence-corrected chi connectivity index (χ1v) is 9.77.